The van der Waals surface area contributed by atoms with Crippen LogP contribution >= 0.6 is 0 Å². The lowest BCUT2D eigenvalue weighted by atomic mass is 10.3. The Morgan fingerprint density at radius 3 is 2.89 bits per heavy atom. The minimum absolute atomic E-state index is 0.0510. The van der Waals surface area contributed by atoms with Gasteiger partial charge in [-0.2, -0.15) is 0 Å². The van der Waals surface area contributed by atoms with Crippen molar-refractivity contribution >= 4 is 11.6 Å². The monoisotopic (exact) mass is 264 g/mol. The van der Waals surface area contributed by atoms with Gasteiger partial charge < -0.3 is 20.5 Å². The molecular weight excluding hydrogens is 244 g/mol. The van der Waals surface area contributed by atoms with Crippen LogP contribution in [0.5, 0.6) is 5.75 Å². The third-order valence-corrected chi connectivity index (χ3v) is 3.26. The summed E-state index contributed by atoms with van der Waals surface area (Å²) in [5.74, 6) is 0.462. The third-order valence-electron chi connectivity index (χ3n) is 3.26. The van der Waals surface area contributed by atoms with Crippen LogP contribution in [-0.2, 0) is 9.53 Å². The summed E-state index contributed by atoms with van der Waals surface area (Å²) in [5.41, 5.74) is 6.45. The van der Waals surface area contributed by atoms with Crippen molar-refractivity contribution in [1.29, 1.82) is 0 Å². The maximum absolute atomic E-state index is 11.8. The summed E-state index contributed by atoms with van der Waals surface area (Å²) in [6.45, 7) is 0.0510. The predicted molar refractivity (Wildman–Crippen MR) is 73.2 cm³/mol. The summed E-state index contributed by atoms with van der Waals surface area (Å²) in [6.07, 6.45) is 2.85. The number of carbonyl (C=O) groups excluding carboxylic acids is 1. The van der Waals surface area contributed by atoms with Crippen LogP contribution in [-0.4, -0.2) is 31.8 Å². The highest BCUT2D eigenvalue weighted by molar-refractivity contribution is 5.93. The maximum Gasteiger partial charge on any atom is 0.250 e. The number of amides is 1. The van der Waals surface area contributed by atoms with Crippen LogP contribution in [0.3, 0.4) is 0 Å². The summed E-state index contributed by atoms with van der Waals surface area (Å²) in [7, 11) is 1.57. The molecular formula is C14H20N2O3. The van der Waals surface area contributed by atoms with Gasteiger partial charge in [0, 0.05) is 6.04 Å². The second-order valence-corrected chi connectivity index (χ2v) is 4.75. The molecule has 1 aliphatic carbocycles. The molecule has 0 saturated heterocycles. The van der Waals surface area contributed by atoms with Crippen molar-refractivity contribution in [3.63, 3.8) is 0 Å². The van der Waals surface area contributed by atoms with Crippen LogP contribution < -0.4 is 15.8 Å². The molecule has 1 amide bonds. The quantitative estimate of drug-likeness (QED) is 0.846. The van der Waals surface area contributed by atoms with Crippen LogP contribution in [0, 0.1) is 0 Å². The van der Waals surface area contributed by atoms with Gasteiger partial charge >= 0.3 is 0 Å². The van der Waals surface area contributed by atoms with E-state index in [1.807, 2.05) is 12.1 Å². The van der Waals surface area contributed by atoms with Gasteiger partial charge in [0.15, 0.2) is 0 Å². The van der Waals surface area contributed by atoms with Crippen molar-refractivity contribution in [1.82, 2.24) is 0 Å². The number of ether oxygens (including phenoxy) is 2. The van der Waals surface area contributed by atoms with Gasteiger partial charge in [-0.15, -0.1) is 0 Å². The van der Waals surface area contributed by atoms with Crippen molar-refractivity contribution in [2.75, 3.05) is 19.0 Å². The zero-order valence-corrected chi connectivity index (χ0v) is 11.1. The fourth-order valence-corrected chi connectivity index (χ4v) is 2.25. The lowest BCUT2D eigenvalue weighted by Crippen LogP contribution is -2.23. The molecule has 2 atom stereocenters. The highest BCUT2D eigenvalue weighted by Crippen LogP contribution is 2.23. The van der Waals surface area contributed by atoms with Crippen molar-refractivity contribution in [2.24, 2.45) is 5.73 Å². The van der Waals surface area contributed by atoms with Crippen molar-refractivity contribution in [3.05, 3.63) is 24.3 Å². The number of methoxy groups -OCH3 is 1. The number of hydrogen-bond acceptors (Lipinski definition) is 4. The Kier molecular flexibility index (Phi) is 4.76. The zero-order chi connectivity index (χ0) is 13.7. The van der Waals surface area contributed by atoms with Crippen LogP contribution in [0.2, 0.25) is 0 Å². The van der Waals surface area contributed by atoms with Gasteiger partial charge in [-0.25, -0.2) is 0 Å². The number of hydrogen-bond donors (Lipinski definition) is 2. The molecule has 0 aliphatic heterocycles. The van der Waals surface area contributed by atoms with Crippen molar-refractivity contribution in [2.45, 2.75) is 31.4 Å². The van der Waals surface area contributed by atoms with E-state index in [1.54, 1.807) is 19.2 Å². The van der Waals surface area contributed by atoms with E-state index in [0.29, 0.717) is 11.4 Å². The first-order chi connectivity index (χ1) is 9.19. The summed E-state index contributed by atoms with van der Waals surface area (Å²) in [4.78, 5) is 11.8. The van der Waals surface area contributed by atoms with E-state index in [1.165, 1.54) is 0 Å². The number of nitrogens with two attached hydrogens (primary N) is 1. The molecule has 0 spiro atoms. The van der Waals surface area contributed by atoms with E-state index in [4.69, 9.17) is 15.2 Å². The zero-order valence-electron chi connectivity index (χ0n) is 11.1. The van der Waals surface area contributed by atoms with E-state index in [9.17, 15) is 4.79 Å². The topological polar surface area (TPSA) is 73.6 Å². The molecule has 0 aromatic heterocycles. The first kappa shape index (κ1) is 13.8. The summed E-state index contributed by atoms with van der Waals surface area (Å²) < 4.78 is 10.7. The van der Waals surface area contributed by atoms with Crippen molar-refractivity contribution in [3.8, 4) is 5.75 Å². The molecule has 104 valence electrons. The smallest absolute Gasteiger partial charge is 0.250 e. The largest absolute Gasteiger partial charge is 0.495 e. The number of nitrogens with one attached hydrogen (secondary N) is 1. The fraction of sp³-hybridized carbons (Fsp3) is 0.500. The summed E-state index contributed by atoms with van der Waals surface area (Å²) in [6, 6.07) is 7.50. The Hall–Kier alpha value is -1.59. The van der Waals surface area contributed by atoms with Gasteiger partial charge in [-0.3, -0.25) is 4.79 Å². The van der Waals surface area contributed by atoms with Crippen LogP contribution in [0.15, 0.2) is 24.3 Å². The fourth-order valence-electron chi connectivity index (χ4n) is 2.25. The normalized spacial score (nSPS) is 22.2. The third kappa shape index (κ3) is 3.94. The predicted octanol–water partition coefficient (Wildman–Crippen LogP) is 1.53. The van der Waals surface area contributed by atoms with Gasteiger partial charge in [0.1, 0.15) is 12.4 Å². The Morgan fingerprint density at radius 1 is 1.42 bits per heavy atom. The van der Waals surface area contributed by atoms with Gasteiger partial charge in [-0.1, -0.05) is 12.1 Å². The van der Waals surface area contributed by atoms with E-state index < -0.39 is 0 Å². The molecule has 5 heteroatoms. The average Bonchev–Trinajstić information content (AvgIpc) is 2.83. The van der Waals surface area contributed by atoms with Crippen LogP contribution in [0.25, 0.3) is 0 Å². The van der Waals surface area contributed by atoms with Crippen LogP contribution in [0.4, 0.5) is 5.69 Å². The number of carbonyl (C=O) groups is 1. The second-order valence-electron chi connectivity index (χ2n) is 4.75. The lowest BCUT2D eigenvalue weighted by molar-refractivity contribution is -0.122. The minimum Gasteiger partial charge on any atom is -0.495 e. The van der Waals surface area contributed by atoms with E-state index in [-0.39, 0.29) is 24.7 Å². The number of para-hydroxylation sites is 2. The van der Waals surface area contributed by atoms with Crippen molar-refractivity contribution < 1.29 is 14.3 Å². The molecule has 0 bridgehead atoms. The van der Waals surface area contributed by atoms with E-state index in [2.05, 4.69) is 5.32 Å². The number of rotatable bonds is 5. The Labute approximate surface area is 113 Å². The molecule has 0 radical (unpaired) electrons. The van der Waals surface area contributed by atoms with E-state index in [0.717, 1.165) is 19.3 Å². The lowest BCUT2D eigenvalue weighted by Gasteiger charge is -2.13. The van der Waals surface area contributed by atoms with Gasteiger partial charge in [0.05, 0.1) is 18.9 Å². The highest BCUT2D eigenvalue weighted by Gasteiger charge is 2.22. The highest BCUT2D eigenvalue weighted by atomic mass is 16.5. The Morgan fingerprint density at radius 2 is 2.21 bits per heavy atom. The molecule has 1 aromatic carbocycles. The van der Waals surface area contributed by atoms with Gasteiger partial charge in [0.2, 0.25) is 5.91 Å². The molecule has 1 aromatic rings. The molecule has 1 aliphatic rings. The summed E-state index contributed by atoms with van der Waals surface area (Å²) in [5, 5.41) is 2.78. The maximum atomic E-state index is 11.8. The Bertz CT molecular complexity index is 436. The molecule has 2 rings (SSSR count). The second kappa shape index (κ2) is 6.54. The first-order valence-corrected chi connectivity index (χ1v) is 6.49. The number of benzene rings is 1. The molecule has 2 unspecified atom stereocenters. The van der Waals surface area contributed by atoms with Gasteiger partial charge in [0.25, 0.3) is 0 Å². The molecule has 0 heterocycles. The molecule has 3 N–H and O–H groups in total. The molecule has 1 saturated carbocycles. The first-order valence-electron chi connectivity index (χ1n) is 6.49. The SMILES string of the molecule is COc1ccccc1NC(=O)COC1CCC(N)C1. The van der Waals surface area contributed by atoms with E-state index >= 15 is 0 Å². The standard InChI is InChI=1S/C14H20N2O3/c1-18-13-5-3-2-4-12(13)16-14(17)9-19-11-7-6-10(15)8-11/h2-5,10-11H,6-9,15H2,1H3,(H,16,17). The summed E-state index contributed by atoms with van der Waals surface area (Å²) >= 11 is 0. The van der Waals surface area contributed by atoms with Crippen LogP contribution in [0.1, 0.15) is 19.3 Å². The Balaban J connectivity index is 1.81. The minimum atomic E-state index is -0.176. The van der Waals surface area contributed by atoms with Gasteiger partial charge in [-0.05, 0) is 31.4 Å². The molecule has 1 fully saturated rings. The molecule has 5 nitrogen and oxygen atoms in total. The average molecular weight is 264 g/mol. The number of anilines is 1. The molecule has 19 heavy (non-hydrogen) atoms.